The monoisotopic (exact) mass is 152 g/mol. The van der Waals surface area contributed by atoms with E-state index in [4.69, 9.17) is 5.26 Å². The van der Waals surface area contributed by atoms with Gasteiger partial charge < -0.3 is 4.74 Å². The summed E-state index contributed by atoms with van der Waals surface area (Å²) in [4.78, 5) is 3.55. The molecule has 0 saturated carbocycles. The molecule has 4 heteroatoms. The van der Waals surface area contributed by atoms with Crippen molar-refractivity contribution in [1.82, 2.24) is 4.98 Å². The van der Waals surface area contributed by atoms with E-state index in [9.17, 15) is 4.39 Å². The fourth-order valence-electron chi connectivity index (χ4n) is 0.616. The molecule has 11 heavy (non-hydrogen) atoms. The third kappa shape index (κ3) is 1.44. The molecule has 1 aromatic rings. The number of nitrogens with zero attached hydrogens (tertiary/aromatic N) is 2. The van der Waals surface area contributed by atoms with Crippen molar-refractivity contribution in [3.63, 3.8) is 0 Å². The molecular formula is C7H5FN2O. The van der Waals surface area contributed by atoms with Crippen LogP contribution in [0.5, 0.6) is 5.88 Å². The molecule has 0 spiro atoms. The van der Waals surface area contributed by atoms with Crippen molar-refractivity contribution in [2.45, 2.75) is 0 Å². The number of pyridine rings is 1. The SMILES string of the molecule is COc1ccc(F)c(C#N)n1. The third-order valence-electron chi connectivity index (χ3n) is 1.14. The Kier molecular flexibility index (Phi) is 2.02. The zero-order valence-corrected chi connectivity index (χ0v) is 5.84. The van der Waals surface area contributed by atoms with E-state index in [2.05, 4.69) is 9.72 Å². The minimum absolute atomic E-state index is 0.239. The number of aromatic nitrogens is 1. The highest BCUT2D eigenvalue weighted by molar-refractivity contribution is 5.26. The number of hydrogen-bond acceptors (Lipinski definition) is 3. The van der Waals surface area contributed by atoms with Gasteiger partial charge in [-0.2, -0.15) is 10.2 Å². The van der Waals surface area contributed by atoms with Gasteiger partial charge in [0.1, 0.15) is 6.07 Å². The Morgan fingerprint density at radius 3 is 2.91 bits per heavy atom. The molecule has 0 aliphatic heterocycles. The first-order chi connectivity index (χ1) is 5.27. The van der Waals surface area contributed by atoms with Gasteiger partial charge in [-0.25, -0.2) is 4.39 Å². The molecule has 0 aromatic carbocycles. The van der Waals surface area contributed by atoms with Crippen LogP contribution < -0.4 is 4.74 Å². The van der Waals surface area contributed by atoms with Crippen molar-refractivity contribution >= 4 is 0 Å². The molecule has 1 rings (SSSR count). The lowest BCUT2D eigenvalue weighted by Crippen LogP contribution is -1.92. The zero-order valence-electron chi connectivity index (χ0n) is 5.84. The van der Waals surface area contributed by atoms with E-state index in [-0.39, 0.29) is 11.6 Å². The van der Waals surface area contributed by atoms with E-state index in [1.54, 1.807) is 6.07 Å². The van der Waals surface area contributed by atoms with Crippen molar-refractivity contribution in [2.75, 3.05) is 7.11 Å². The van der Waals surface area contributed by atoms with E-state index in [0.717, 1.165) is 6.07 Å². The van der Waals surface area contributed by atoms with Crippen molar-refractivity contribution in [1.29, 1.82) is 5.26 Å². The molecule has 56 valence electrons. The van der Waals surface area contributed by atoms with Crippen molar-refractivity contribution in [3.8, 4) is 11.9 Å². The maximum atomic E-state index is 12.6. The van der Waals surface area contributed by atoms with E-state index < -0.39 is 5.82 Å². The average molecular weight is 152 g/mol. The number of halogens is 1. The molecule has 0 radical (unpaired) electrons. The molecule has 3 nitrogen and oxygen atoms in total. The fraction of sp³-hybridized carbons (Fsp3) is 0.143. The normalized spacial score (nSPS) is 8.82. The number of methoxy groups -OCH3 is 1. The Bertz CT molecular complexity index is 306. The van der Waals surface area contributed by atoms with Gasteiger partial charge in [-0.1, -0.05) is 0 Å². The average Bonchev–Trinajstić information content (AvgIpc) is 2.05. The Hall–Kier alpha value is -1.63. The summed E-state index contributed by atoms with van der Waals surface area (Å²) in [5.41, 5.74) is -0.246. The lowest BCUT2D eigenvalue weighted by molar-refractivity contribution is 0.395. The maximum absolute atomic E-state index is 12.6. The highest BCUT2D eigenvalue weighted by Gasteiger charge is 2.03. The first-order valence-corrected chi connectivity index (χ1v) is 2.88. The minimum Gasteiger partial charge on any atom is -0.481 e. The summed E-state index contributed by atoms with van der Waals surface area (Å²) in [6.45, 7) is 0. The van der Waals surface area contributed by atoms with Crippen LogP contribution in [0.25, 0.3) is 0 Å². The molecule has 1 aromatic heterocycles. The highest BCUT2D eigenvalue weighted by Crippen LogP contribution is 2.09. The Balaban J connectivity index is 3.15. The van der Waals surface area contributed by atoms with Crippen LogP contribution in [0.15, 0.2) is 12.1 Å². The van der Waals surface area contributed by atoms with E-state index in [0.29, 0.717) is 0 Å². The molecule has 0 N–H and O–H groups in total. The smallest absolute Gasteiger partial charge is 0.214 e. The van der Waals surface area contributed by atoms with Crippen LogP contribution in [0.3, 0.4) is 0 Å². The van der Waals surface area contributed by atoms with E-state index in [1.165, 1.54) is 13.2 Å². The van der Waals surface area contributed by atoms with Crippen molar-refractivity contribution in [2.24, 2.45) is 0 Å². The van der Waals surface area contributed by atoms with E-state index in [1.807, 2.05) is 0 Å². The predicted molar refractivity (Wildman–Crippen MR) is 35.5 cm³/mol. The second kappa shape index (κ2) is 2.97. The van der Waals surface area contributed by atoms with Crippen LogP contribution in [0.4, 0.5) is 4.39 Å². The molecule has 0 aliphatic carbocycles. The summed E-state index contributed by atoms with van der Waals surface area (Å²) in [6.07, 6.45) is 0. The summed E-state index contributed by atoms with van der Waals surface area (Å²) in [5.74, 6) is -0.392. The van der Waals surface area contributed by atoms with Crippen LogP contribution in [-0.2, 0) is 0 Å². The molecule has 0 aliphatic rings. The molecule has 0 saturated heterocycles. The quantitative estimate of drug-likeness (QED) is 0.605. The Morgan fingerprint density at radius 2 is 2.36 bits per heavy atom. The fourth-order valence-corrected chi connectivity index (χ4v) is 0.616. The molecular weight excluding hydrogens is 147 g/mol. The predicted octanol–water partition coefficient (Wildman–Crippen LogP) is 1.10. The summed E-state index contributed by atoms with van der Waals surface area (Å²) < 4.78 is 17.2. The first kappa shape index (κ1) is 7.48. The first-order valence-electron chi connectivity index (χ1n) is 2.88. The summed E-state index contributed by atoms with van der Waals surface area (Å²) >= 11 is 0. The third-order valence-corrected chi connectivity index (χ3v) is 1.14. The Morgan fingerprint density at radius 1 is 1.64 bits per heavy atom. The molecule has 0 bridgehead atoms. The van der Waals surface area contributed by atoms with Crippen LogP contribution >= 0.6 is 0 Å². The summed E-state index contributed by atoms with van der Waals surface area (Å²) in [7, 11) is 1.40. The molecule has 0 amide bonds. The van der Waals surface area contributed by atoms with Gasteiger partial charge in [-0.3, -0.25) is 0 Å². The molecule has 0 unspecified atom stereocenters. The largest absolute Gasteiger partial charge is 0.481 e. The van der Waals surface area contributed by atoms with Gasteiger partial charge in [-0.15, -0.1) is 0 Å². The standard InChI is InChI=1S/C7H5FN2O/c1-11-7-3-2-5(8)6(4-9)10-7/h2-3H,1H3. The molecule has 0 atom stereocenters. The number of nitriles is 1. The van der Waals surface area contributed by atoms with Gasteiger partial charge in [0.05, 0.1) is 7.11 Å². The van der Waals surface area contributed by atoms with Gasteiger partial charge in [0.2, 0.25) is 5.88 Å². The van der Waals surface area contributed by atoms with Gasteiger partial charge in [-0.05, 0) is 6.07 Å². The second-order valence-electron chi connectivity index (χ2n) is 1.80. The van der Waals surface area contributed by atoms with Gasteiger partial charge in [0.25, 0.3) is 0 Å². The lowest BCUT2D eigenvalue weighted by Gasteiger charge is -1.97. The van der Waals surface area contributed by atoms with Crippen molar-refractivity contribution in [3.05, 3.63) is 23.6 Å². The van der Waals surface area contributed by atoms with Crippen LogP contribution in [0, 0.1) is 17.1 Å². The zero-order chi connectivity index (χ0) is 8.27. The number of rotatable bonds is 1. The molecule has 0 fully saturated rings. The lowest BCUT2D eigenvalue weighted by atomic mass is 10.3. The Labute approximate surface area is 63.1 Å². The second-order valence-corrected chi connectivity index (χ2v) is 1.80. The topological polar surface area (TPSA) is 45.9 Å². The van der Waals surface area contributed by atoms with Crippen molar-refractivity contribution < 1.29 is 9.13 Å². The van der Waals surface area contributed by atoms with Crippen LogP contribution in [0.2, 0.25) is 0 Å². The summed E-state index contributed by atoms with van der Waals surface area (Å²) in [5, 5.41) is 8.33. The van der Waals surface area contributed by atoms with Crippen LogP contribution in [0.1, 0.15) is 5.69 Å². The highest BCUT2D eigenvalue weighted by atomic mass is 19.1. The van der Waals surface area contributed by atoms with Gasteiger partial charge in [0.15, 0.2) is 11.5 Å². The molecule has 1 heterocycles. The maximum Gasteiger partial charge on any atom is 0.214 e. The minimum atomic E-state index is -0.631. The van der Waals surface area contributed by atoms with Crippen LogP contribution in [-0.4, -0.2) is 12.1 Å². The van der Waals surface area contributed by atoms with Gasteiger partial charge >= 0.3 is 0 Å². The van der Waals surface area contributed by atoms with E-state index >= 15 is 0 Å². The number of hydrogen-bond donors (Lipinski definition) is 0. The van der Waals surface area contributed by atoms with Gasteiger partial charge in [0, 0.05) is 6.07 Å². The summed E-state index contributed by atoms with van der Waals surface area (Å²) in [6, 6.07) is 4.10. The number of ether oxygens (including phenoxy) is 1.